The van der Waals surface area contributed by atoms with E-state index >= 15 is 0 Å². The van der Waals surface area contributed by atoms with E-state index in [4.69, 9.17) is 0 Å². The molecule has 40 heavy (non-hydrogen) atoms. The first-order chi connectivity index (χ1) is 18.5. The lowest BCUT2D eigenvalue weighted by atomic mass is 10.2. The summed E-state index contributed by atoms with van der Waals surface area (Å²) in [6, 6.07) is 5.32. The van der Waals surface area contributed by atoms with Gasteiger partial charge in [-0.05, 0) is 35.8 Å². The van der Waals surface area contributed by atoms with Gasteiger partial charge in [0.05, 0.1) is 11.1 Å². The highest BCUT2D eigenvalue weighted by atomic mass is 32.2. The van der Waals surface area contributed by atoms with Crippen LogP contribution in [0.1, 0.15) is 25.0 Å². The summed E-state index contributed by atoms with van der Waals surface area (Å²) in [5.74, 6) is 0.435. The van der Waals surface area contributed by atoms with Gasteiger partial charge in [-0.15, -0.1) is 23.5 Å². The second kappa shape index (κ2) is 14.2. The second-order valence-electron chi connectivity index (χ2n) is 6.99. The van der Waals surface area contributed by atoms with Gasteiger partial charge in [0.2, 0.25) is 13.6 Å². The zero-order valence-corrected chi connectivity index (χ0v) is 24.5. The van der Waals surface area contributed by atoms with Gasteiger partial charge in [-0.1, -0.05) is 35.0 Å². The molecular weight excluding hydrogens is 657 g/mol. The number of halogens is 6. The van der Waals surface area contributed by atoms with Crippen molar-refractivity contribution in [1.82, 2.24) is 0 Å². The fourth-order valence-corrected chi connectivity index (χ4v) is 7.98. The van der Waals surface area contributed by atoms with Crippen LogP contribution in [0.2, 0.25) is 0 Å². The third kappa shape index (κ3) is 9.29. The molecule has 2 rings (SSSR count). The Hall–Kier alpha value is -1.44. The molecule has 0 bridgehead atoms. The highest BCUT2D eigenvalue weighted by molar-refractivity contribution is 8.00. The van der Waals surface area contributed by atoms with Gasteiger partial charge in [-0.25, -0.2) is 8.37 Å². The number of rotatable bonds is 14. The van der Waals surface area contributed by atoms with Crippen molar-refractivity contribution in [2.45, 2.75) is 45.8 Å². The number of benzene rings is 2. The standard InChI is InChI=1S/C20H20F6O9PS4/c1-3-37-15-9-5-7-13(19(21,22)23)17(15)39(28,29)34-11-32-36(27)33-12-35-40(30,31)18-14(20(24,25)26)8-6-10-16(18)38-4-2/h5-10H,3-4,11-12H2,1-2H3/q+1. The van der Waals surface area contributed by atoms with Crippen molar-refractivity contribution in [3.8, 4) is 0 Å². The van der Waals surface area contributed by atoms with Crippen LogP contribution in [-0.4, -0.2) is 41.9 Å². The lowest BCUT2D eigenvalue weighted by molar-refractivity contribution is -0.141. The van der Waals surface area contributed by atoms with E-state index in [1.807, 2.05) is 0 Å². The molecular formula is C20H20F6O9PS4+. The highest BCUT2D eigenvalue weighted by Crippen LogP contribution is 2.41. The quantitative estimate of drug-likeness (QED) is 0.0701. The number of alkyl halides is 6. The first-order valence-electron chi connectivity index (χ1n) is 10.6. The van der Waals surface area contributed by atoms with E-state index in [9.17, 15) is 47.7 Å². The van der Waals surface area contributed by atoms with E-state index in [0.29, 0.717) is 12.1 Å². The Morgan fingerprint density at radius 1 is 0.700 bits per heavy atom. The zero-order chi connectivity index (χ0) is 30.4. The molecule has 0 aromatic heterocycles. The molecule has 0 unspecified atom stereocenters. The second-order valence-corrected chi connectivity index (χ2v) is 13.7. The summed E-state index contributed by atoms with van der Waals surface area (Å²) in [6.07, 6.45) is -10.1. The molecule has 0 aliphatic carbocycles. The maximum absolute atomic E-state index is 13.4. The maximum atomic E-state index is 13.4. The van der Waals surface area contributed by atoms with E-state index < -0.39 is 75.3 Å². The van der Waals surface area contributed by atoms with Gasteiger partial charge < -0.3 is 0 Å². The van der Waals surface area contributed by atoms with Crippen LogP contribution < -0.4 is 0 Å². The Bertz CT molecular complexity index is 1310. The van der Waals surface area contributed by atoms with Crippen LogP contribution in [0.15, 0.2) is 56.0 Å². The lowest BCUT2D eigenvalue weighted by Gasteiger charge is -2.16. The summed E-state index contributed by atoms with van der Waals surface area (Å²) in [5.41, 5.74) is -3.02. The Morgan fingerprint density at radius 2 is 1.05 bits per heavy atom. The van der Waals surface area contributed by atoms with Gasteiger partial charge in [0.1, 0.15) is 9.79 Å². The molecule has 0 amide bonds. The molecule has 20 heteroatoms. The van der Waals surface area contributed by atoms with Crippen LogP contribution in [0.3, 0.4) is 0 Å². The summed E-state index contributed by atoms with van der Waals surface area (Å²) in [5, 5.41) is 0. The molecule has 0 heterocycles. The molecule has 0 atom stereocenters. The topological polar surface area (TPSA) is 122 Å². The Labute approximate surface area is 235 Å². The van der Waals surface area contributed by atoms with Crippen LogP contribution in [0.4, 0.5) is 26.3 Å². The highest BCUT2D eigenvalue weighted by Gasteiger charge is 2.41. The summed E-state index contributed by atoms with van der Waals surface area (Å²) < 4.78 is 160. The van der Waals surface area contributed by atoms with Crippen molar-refractivity contribution in [3.63, 3.8) is 0 Å². The minimum absolute atomic E-state index is 0.217. The first kappa shape index (κ1) is 34.8. The number of hydrogen-bond acceptors (Lipinski definition) is 11. The monoisotopic (exact) mass is 677 g/mol. The lowest BCUT2D eigenvalue weighted by Crippen LogP contribution is -2.17. The van der Waals surface area contributed by atoms with Crippen molar-refractivity contribution in [2.75, 3.05) is 25.1 Å². The van der Waals surface area contributed by atoms with E-state index in [0.717, 1.165) is 47.8 Å². The van der Waals surface area contributed by atoms with Gasteiger partial charge in [-0.2, -0.15) is 43.2 Å². The van der Waals surface area contributed by atoms with E-state index in [1.165, 1.54) is 0 Å². The maximum Gasteiger partial charge on any atom is 0.702 e. The molecule has 0 radical (unpaired) electrons. The normalized spacial score (nSPS) is 13.0. The Kier molecular flexibility index (Phi) is 12.3. The van der Waals surface area contributed by atoms with Crippen molar-refractivity contribution in [2.24, 2.45) is 0 Å². The number of hydrogen-bond donors (Lipinski definition) is 0. The van der Waals surface area contributed by atoms with Crippen LogP contribution in [0.25, 0.3) is 0 Å². The SMILES string of the molecule is CCSc1cccc(C(F)(F)F)c1S(=O)(=O)OCO[P+](=O)OCOS(=O)(=O)c1c(SCC)cccc1C(F)(F)F. The van der Waals surface area contributed by atoms with Crippen LogP contribution in [0, 0.1) is 0 Å². The summed E-state index contributed by atoms with van der Waals surface area (Å²) in [7, 11) is -13.6. The molecule has 0 fully saturated rings. The predicted octanol–water partition coefficient (Wildman–Crippen LogP) is 6.66. The van der Waals surface area contributed by atoms with Crippen LogP contribution in [0.5, 0.6) is 0 Å². The van der Waals surface area contributed by atoms with E-state index in [1.54, 1.807) is 13.8 Å². The van der Waals surface area contributed by atoms with E-state index in [-0.39, 0.29) is 21.3 Å². The Morgan fingerprint density at radius 3 is 1.35 bits per heavy atom. The number of thioether (sulfide) groups is 2. The molecule has 0 N–H and O–H groups in total. The molecule has 9 nitrogen and oxygen atoms in total. The van der Waals surface area contributed by atoms with Gasteiger partial charge in [-0.3, -0.25) is 0 Å². The van der Waals surface area contributed by atoms with Crippen molar-refractivity contribution >= 4 is 52.0 Å². The van der Waals surface area contributed by atoms with Gasteiger partial charge in [0, 0.05) is 14.4 Å². The van der Waals surface area contributed by atoms with Gasteiger partial charge >= 0.3 is 40.8 Å². The first-order valence-corrected chi connectivity index (χ1v) is 16.5. The molecule has 0 aliphatic rings. The van der Waals surface area contributed by atoms with Crippen LogP contribution in [-0.2, 0) is 54.6 Å². The van der Waals surface area contributed by atoms with Crippen LogP contribution >= 0.6 is 31.8 Å². The smallest absolute Gasteiger partial charge is 0.232 e. The molecule has 2 aromatic rings. The molecule has 0 spiro atoms. The fourth-order valence-electron chi connectivity index (χ4n) is 2.94. The van der Waals surface area contributed by atoms with Gasteiger partial charge in [0.25, 0.3) is 0 Å². The van der Waals surface area contributed by atoms with E-state index in [2.05, 4.69) is 17.4 Å². The molecule has 0 saturated heterocycles. The molecule has 0 saturated carbocycles. The average molecular weight is 678 g/mol. The van der Waals surface area contributed by atoms with Crippen molar-refractivity contribution in [3.05, 3.63) is 47.5 Å². The summed E-state index contributed by atoms with van der Waals surface area (Å²) in [6.45, 7) is 0.309. The molecule has 0 aliphatic heterocycles. The summed E-state index contributed by atoms with van der Waals surface area (Å²) in [4.78, 5) is -2.91. The average Bonchev–Trinajstić information content (AvgIpc) is 2.82. The largest absolute Gasteiger partial charge is 0.702 e. The fraction of sp³-hybridized carbons (Fsp3) is 0.400. The third-order valence-corrected chi connectivity index (χ3v) is 9.85. The minimum Gasteiger partial charge on any atom is -0.232 e. The van der Waals surface area contributed by atoms with Crippen molar-refractivity contribution in [1.29, 1.82) is 0 Å². The predicted molar refractivity (Wildman–Crippen MR) is 132 cm³/mol. The minimum atomic E-state index is -5.12. The molecule has 2 aromatic carbocycles. The Balaban J connectivity index is 2.09. The van der Waals surface area contributed by atoms with Crippen molar-refractivity contribution < 1.29 is 65.2 Å². The summed E-state index contributed by atoms with van der Waals surface area (Å²) >= 11 is 1.58. The zero-order valence-electron chi connectivity index (χ0n) is 20.3. The molecule has 224 valence electrons. The van der Waals surface area contributed by atoms with Gasteiger partial charge in [0.15, 0.2) is 0 Å². The third-order valence-electron chi connectivity index (χ3n) is 4.39.